The Kier molecular flexibility index (Phi) is 21.1. The molecule has 0 spiro atoms. The molecule has 0 unspecified atom stereocenters. The molecule has 0 aromatic rings. The van der Waals surface area contributed by atoms with E-state index < -0.39 is 34.4 Å². The van der Waals surface area contributed by atoms with Gasteiger partial charge in [0.15, 0.2) is 0 Å². The van der Waals surface area contributed by atoms with Gasteiger partial charge in [0.25, 0.3) is 0 Å². The molecule has 0 aliphatic rings. The van der Waals surface area contributed by atoms with Crippen molar-refractivity contribution in [1.82, 2.24) is 0 Å². The highest BCUT2D eigenvalue weighted by molar-refractivity contribution is 6.53. The summed E-state index contributed by atoms with van der Waals surface area (Å²) in [5.74, 6) is 0. The molecule has 0 fully saturated rings. The summed E-state index contributed by atoms with van der Waals surface area (Å²) in [6.07, 6.45) is 7.09. The van der Waals surface area contributed by atoms with Gasteiger partial charge in [-0.1, -0.05) is 40.0 Å². The van der Waals surface area contributed by atoms with Gasteiger partial charge in [0, 0.05) is 36.3 Å². The molecular formula is C17H43NO7Si2. The molecule has 0 saturated carbocycles. The largest absolute Gasteiger partial charge is 0.679 e. The molecule has 0 atom stereocenters. The van der Waals surface area contributed by atoms with Crippen LogP contribution in [0, 0.1) is 0 Å². The Bertz CT molecular complexity index is 276. The highest BCUT2D eigenvalue weighted by Gasteiger charge is 2.45. The fourth-order valence-corrected chi connectivity index (χ4v) is 4.70. The summed E-state index contributed by atoms with van der Waals surface area (Å²) in [5.41, 5.74) is 3.94. The average molecular weight is 430 g/mol. The van der Waals surface area contributed by atoms with E-state index in [1.54, 1.807) is 0 Å². The summed E-state index contributed by atoms with van der Waals surface area (Å²) in [6, 6.07) is 0. The van der Waals surface area contributed by atoms with Crippen LogP contribution < -0.4 is 5.73 Å². The van der Waals surface area contributed by atoms with Gasteiger partial charge < -0.3 is 38.8 Å². The van der Waals surface area contributed by atoms with Crippen molar-refractivity contribution < 1.29 is 33.0 Å². The second-order valence-electron chi connectivity index (χ2n) is 6.38. The molecule has 0 aliphatic heterocycles. The van der Waals surface area contributed by atoms with E-state index >= 15 is 0 Å². The van der Waals surface area contributed by atoms with Crippen LogP contribution in [0.4, 0.5) is 0 Å². The van der Waals surface area contributed by atoms with E-state index in [0.29, 0.717) is 26.1 Å². The zero-order chi connectivity index (χ0) is 21.0. The number of hydrogen-bond donors (Lipinski definition) is 4. The minimum Gasteiger partial charge on any atom is -0.394 e. The summed E-state index contributed by atoms with van der Waals surface area (Å²) in [7, 11) is -1.90. The Labute approximate surface area is 169 Å². The predicted octanol–water partition coefficient (Wildman–Crippen LogP) is -0.128. The highest BCUT2D eigenvalue weighted by Crippen LogP contribution is 2.14. The van der Waals surface area contributed by atoms with Gasteiger partial charge in [0.1, 0.15) is 0 Å². The van der Waals surface area contributed by atoms with Crippen molar-refractivity contribution in [3.05, 3.63) is 0 Å². The molecule has 0 aromatic heterocycles. The maximum Gasteiger partial charge on any atom is 0.679 e. The fraction of sp³-hybridized carbons (Fsp3) is 1.00. The Morgan fingerprint density at radius 3 is 1.26 bits per heavy atom. The summed E-state index contributed by atoms with van der Waals surface area (Å²) >= 11 is 0. The monoisotopic (exact) mass is 429 g/mol. The van der Waals surface area contributed by atoms with Gasteiger partial charge in [-0.25, -0.2) is 0 Å². The van der Waals surface area contributed by atoms with Gasteiger partial charge in [0.05, 0.1) is 25.4 Å². The third kappa shape index (κ3) is 15.7. The molecule has 0 radical (unpaired) electrons. The van der Waals surface area contributed by atoms with E-state index in [1.807, 2.05) is 0 Å². The van der Waals surface area contributed by atoms with Crippen molar-refractivity contribution >= 4 is 19.3 Å². The van der Waals surface area contributed by atoms with Crippen molar-refractivity contribution in [3.63, 3.8) is 0 Å². The summed E-state index contributed by atoms with van der Waals surface area (Å²) < 4.78 is 23.5. The molecular weight excluding hydrogens is 386 g/mol. The van der Waals surface area contributed by atoms with E-state index in [4.69, 9.17) is 38.8 Å². The van der Waals surface area contributed by atoms with Crippen LogP contribution in [0.5, 0.6) is 0 Å². The van der Waals surface area contributed by atoms with Gasteiger partial charge in [-0.3, -0.25) is 0 Å². The van der Waals surface area contributed by atoms with Crippen LogP contribution in [-0.2, 0) is 17.7 Å². The number of unbranched alkanes of at least 4 members (excludes halogenated alkanes) is 3. The molecule has 8 nitrogen and oxygen atoms in total. The molecule has 166 valence electrons. The van der Waals surface area contributed by atoms with E-state index in [0.717, 1.165) is 48.8 Å². The first-order valence-electron chi connectivity index (χ1n) is 10.1. The van der Waals surface area contributed by atoms with Gasteiger partial charge in [-0.05, 0) is 19.3 Å². The maximum absolute atomic E-state index is 8.34. The van der Waals surface area contributed by atoms with Gasteiger partial charge in [-0.15, -0.1) is 0 Å². The molecule has 0 saturated heterocycles. The quantitative estimate of drug-likeness (QED) is 0.186. The van der Waals surface area contributed by atoms with Crippen molar-refractivity contribution in [2.24, 2.45) is 5.73 Å². The lowest BCUT2D eigenvalue weighted by Gasteiger charge is -2.27. The first-order valence-corrected chi connectivity index (χ1v) is 13.1. The summed E-state index contributed by atoms with van der Waals surface area (Å²) in [4.78, 5) is 0. The van der Waals surface area contributed by atoms with E-state index in [1.165, 1.54) is 0 Å². The van der Waals surface area contributed by atoms with Gasteiger partial charge in [0.2, 0.25) is 0 Å². The third-order valence-corrected chi connectivity index (χ3v) is 6.78. The smallest absolute Gasteiger partial charge is 0.394 e. The number of aliphatic hydroxyl groups excluding tert-OH is 3. The lowest BCUT2D eigenvalue weighted by Crippen LogP contribution is -2.50. The number of aliphatic hydroxyl groups is 3. The second-order valence-corrected chi connectivity index (χ2v) is 9.11. The van der Waals surface area contributed by atoms with E-state index in [9.17, 15) is 0 Å². The first-order chi connectivity index (χ1) is 12.9. The number of rotatable bonds is 17. The van der Waals surface area contributed by atoms with E-state index in [-0.39, 0.29) is 0 Å². The van der Waals surface area contributed by atoms with Crippen LogP contribution in [0.15, 0.2) is 0 Å². The Hall–Kier alpha value is 0.114. The summed E-state index contributed by atoms with van der Waals surface area (Å²) in [6.45, 7) is 7.25. The van der Waals surface area contributed by atoms with Crippen molar-refractivity contribution in [2.75, 3.05) is 45.9 Å². The molecule has 0 heterocycles. The molecule has 5 N–H and O–H groups in total. The molecule has 0 amide bonds. The molecule has 0 bridgehead atoms. The van der Waals surface area contributed by atoms with Crippen molar-refractivity contribution in [2.45, 2.75) is 64.8 Å². The lowest BCUT2D eigenvalue weighted by molar-refractivity contribution is -0.0278. The zero-order valence-electron chi connectivity index (χ0n) is 17.7. The average Bonchev–Trinajstić information content (AvgIpc) is 2.69. The van der Waals surface area contributed by atoms with Gasteiger partial charge in [-0.2, -0.15) is 0 Å². The third-order valence-electron chi connectivity index (χ3n) is 3.60. The molecule has 0 rings (SSSR count). The van der Waals surface area contributed by atoms with Crippen LogP contribution in [0.1, 0.15) is 59.3 Å². The zero-order valence-corrected chi connectivity index (χ0v) is 20.7. The van der Waals surface area contributed by atoms with Crippen molar-refractivity contribution in [3.8, 4) is 0 Å². The number of hydrogen-bond acceptors (Lipinski definition) is 8. The normalized spacial score (nSPS) is 12.1. The Balaban J connectivity index is 0. The highest BCUT2D eigenvalue weighted by atomic mass is 28.4. The first kappa shape index (κ1) is 29.3. The Morgan fingerprint density at radius 2 is 1.07 bits per heavy atom. The maximum atomic E-state index is 8.34. The van der Waals surface area contributed by atoms with Crippen LogP contribution in [-0.4, -0.2) is 86.0 Å². The topological polar surface area (TPSA) is 124 Å². The standard InChI is InChI=1S/C13H32O4Si2.C4H11NO3/c1-4-7-10-14-19(17-13-18,15-11-8-5-2)16-12-9-6-3;5-4(1-6,2-7)3-8/h4-13H2,1-3,18H3;6-8H,1-3,5H2. The SMILES string of the molecule is CCCCO[Si](OC[SiH3])(OCCCC)OCCCC.NC(CO)(CO)CO. The van der Waals surface area contributed by atoms with Gasteiger partial charge >= 0.3 is 9.05 Å². The predicted molar refractivity (Wildman–Crippen MR) is 112 cm³/mol. The van der Waals surface area contributed by atoms with Crippen LogP contribution in [0.25, 0.3) is 0 Å². The minimum atomic E-state index is -2.87. The molecule has 0 aromatic carbocycles. The minimum absolute atomic E-state index is 0.403. The van der Waals surface area contributed by atoms with E-state index in [2.05, 4.69) is 20.8 Å². The summed E-state index contributed by atoms with van der Waals surface area (Å²) in [5, 5.41) is 25.0. The van der Waals surface area contributed by atoms with Crippen LogP contribution in [0.2, 0.25) is 0 Å². The Morgan fingerprint density at radius 1 is 0.741 bits per heavy atom. The molecule has 10 heteroatoms. The van der Waals surface area contributed by atoms with Crippen molar-refractivity contribution in [1.29, 1.82) is 0 Å². The fourth-order valence-electron chi connectivity index (χ4n) is 1.60. The van der Waals surface area contributed by atoms with Crippen LogP contribution in [0.3, 0.4) is 0 Å². The van der Waals surface area contributed by atoms with Crippen LogP contribution >= 0.6 is 0 Å². The number of nitrogens with two attached hydrogens (primary N) is 1. The molecule has 27 heavy (non-hydrogen) atoms. The second kappa shape index (κ2) is 19.4. The lowest BCUT2D eigenvalue weighted by atomic mass is 10.1. The molecule has 0 aliphatic carbocycles.